The van der Waals surface area contributed by atoms with E-state index in [1.807, 2.05) is 6.07 Å². The normalized spacial score (nSPS) is 9.38. The Hall–Kier alpha value is -2.49. The molecule has 0 aliphatic heterocycles. The summed E-state index contributed by atoms with van der Waals surface area (Å²) >= 11 is 5.49. The van der Waals surface area contributed by atoms with E-state index in [2.05, 4.69) is 11.8 Å². The molecule has 2 nitrogen and oxygen atoms in total. The zero-order chi connectivity index (χ0) is 15.1. The summed E-state index contributed by atoms with van der Waals surface area (Å²) in [6.45, 7) is 0.217. The van der Waals surface area contributed by atoms with Crippen molar-refractivity contribution in [3.63, 3.8) is 0 Å². The van der Waals surface area contributed by atoms with Crippen molar-refractivity contribution in [2.45, 2.75) is 6.61 Å². The third-order valence-electron chi connectivity index (χ3n) is 2.71. The SMILES string of the molecule is N#Cc1ccc(COc2cc(C#CCCl)ccc2F)cc1. The third kappa shape index (κ3) is 4.24. The predicted molar refractivity (Wildman–Crippen MR) is 79.5 cm³/mol. The number of nitriles is 1. The Labute approximate surface area is 127 Å². The van der Waals surface area contributed by atoms with Crippen LogP contribution < -0.4 is 4.74 Å². The summed E-state index contributed by atoms with van der Waals surface area (Å²) in [5.74, 6) is 5.43. The van der Waals surface area contributed by atoms with Crippen molar-refractivity contribution in [2.24, 2.45) is 0 Å². The first-order valence-corrected chi connectivity index (χ1v) is 6.72. The minimum Gasteiger partial charge on any atom is -0.486 e. The van der Waals surface area contributed by atoms with Gasteiger partial charge >= 0.3 is 0 Å². The molecule has 0 N–H and O–H groups in total. The van der Waals surface area contributed by atoms with E-state index in [1.54, 1.807) is 36.4 Å². The fourth-order valence-corrected chi connectivity index (χ4v) is 1.73. The standard InChI is InChI=1S/C17H11ClFNO/c18-9-1-2-13-7-8-16(19)17(10-13)21-12-15-5-3-14(11-20)4-6-15/h3-8,10H,9,12H2. The summed E-state index contributed by atoms with van der Waals surface area (Å²) < 4.78 is 19.1. The highest BCUT2D eigenvalue weighted by Crippen LogP contribution is 2.20. The van der Waals surface area contributed by atoms with E-state index in [1.165, 1.54) is 6.07 Å². The molecule has 0 amide bonds. The molecule has 0 saturated heterocycles. The van der Waals surface area contributed by atoms with E-state index in [-0.39, 0.29) is 18.2 Å². The summed E-state index contributed by atoms with van der Waals surface area (Å²) in [6.07, 6.45) is 0. The second-order valence-electron chi connectivity index (χ2n) is 4.18. The van der Waals surface area contributed by atoms with Crippen LogP contribution in [-0.4, -0.2) is 5.88 Å². The molecule has 0 bridgehead atoms. The molecule has 21 heavy (non-hydrogen) atoms. The van der Waals surface area contributed by atoms with Gasteiger partial charge in [0.15, 0.2) is 11.6 Å². The third-order valence-corrected chi connectivity index (χ3v) is 2.84. The molecule has 0 saturated carbocycles. The fourth-order valence-electron chi connectivity index (χ4n) is 1.66. The first-order valence-electron chi connectivity index (χ1n) is 6.19. The Bertz CT molecular complexity index is 723. The molecule has 0 atom stereocenters. The van der Waals surface area contributed by atoms with Crippen molar-refractivity contribution in [2.75, 3.05) is 5.88 Å². The van der Waals surface area contributed by atoms with Gasteiger partial charge in [-0.05, 0) is 35.9 Å². The molecular formula is C17H11ClFNO. The van der Waals surface area contributed by atoms with Gasteiger partial charge in [0.1, 0.15) is 6.61 Å². The number of halogens is 2. The number of alkyl halides is 1. The molecule has 2 aromatic carbocycles. The maximum Gasteiger partial charge on any atom is 0.165 e. The fraction of sp³-hybridized carbons (Fsp3) is 0.118. The Kier molecular flexibility index (Phi) is 5.21. The van der Waals surface area contributed by atoms with E-state index in [0.717, 1.165) is 5.56 Å². The van der Waals surface area contributed by atoms with Crippen molar-refractivity contribution >= 4 is 11.6 Å². The summed E-state index contributed by atoms with van der Waals surface area (Å²) in [5, 5.41) is 8.72. The van der Waals surface area contributed by atoms with Gasteiger partial charge in [-0.25, -0.2) is 4.39 Å². The van der Waals surface area contributed by atoms with E-state index in [0.29, 0.717) is 11.1 Å². The van der Waals surface area contributed by atoms with Crippen LogP contribution in [0.5, 0.6) is 5.75 Å². The molecule has 104 valence electrons. The molecule has 0 aliphatic rings. The van der Waals surface area contributed by atoms with E-state index in [4.69, 9.17) is 21.6 Å². The van der Waals surface area contributed by atoms with Crippen LogP contribution in [0.2, 0.25) is 0 Å². The Morgan fingerprint density at radius 2 is 1.81 bits per heavy atom. The molecule has 0 heterocycles. The minimum absolute atomic E-state index is 0.140. The van der Waals surface area contributed by atoms with E-state index >= 15 is 0 Å². The minimum atomic E-state index is -0.444. The number of rotatable bonds is 3. The van der Waals surface area contributed by atoms with Crippen LogP contribution in [0.1, 0.15) is 16.7 Å². The smallest absolute Gasteiger partial charge is 0.165 e. The number of hydrogen-bond acceptors (Lipinski definition) is 2. The molecule has 2 aromatic rings. The summed E-state index contributed by atoms with van der Waals surface area (Å²) in [6, 6.07) is 13.4. The number of nitrogens with zero attached hydrogens (tertiary/aromatic N) is 1. The predicted octanol–water partition coefficient (Wildman–Crippen LogP) is 3.87. The van der Waals surface area contributed by atoms with Crippen LogP contribution in [-0.2, 0) is 6.61 Å². The van der Waals surface area contributed by atoms with E-state index < -0.39 is 5.82 Å². The van der Waals surface area contributed by atoms with Crippen molar-refractivity contribution < 1.29 is 9.13 Å². The lowest BCUT2D eigenvalue weighted by molar-refractivity contribution is 0.290. The van der Waals surface area contributed by atoms with Crippen molar-refractivity contribution in [1.82, 2.24) is 0 Å². The first-order chi connectivity index (χ1) is 10.2. The zero-order valence-electron chi connectivity index (χ0n) is 11.1. The number of ether oxygens (including phenoxy) is 1. The molecule has 0 spiro atoms. The van der Waals surface area contributed by atoms with Crippen LogP contribution in [0.25, 0.3) is 0 Å². The van der Waals surface area contributed by atoms with Gasteiger partial charge in [0, 0.05) is 5.56 Å². The lowest BCUT2D eigenvalue weighted by atomic mass is 10.1. The van der Waals surface area contributed by atoms with Gasteiger partial charge in [-0.15, -0.1) is 11.6 Å². The Balaban J connectivity index is 2.09. The van der Waals surface area contributed by atoms with Crippen LogP contribution in [0.3, 0.4) is 0 Å². The highest BCUT2D eigenvalue weighted by atomic mass is 35.5. The Morgan fingerprint density at radius 1 is 1.10 bits per heavy atom. The molecule has 0 aromatic heterocycles. The van der Waals surface area contributed by atoms with Crippen molar-refractivity contribution in [1.29, 1.82) is 5.26 Å². The van der Waals surface area contributed by atoms with Gasteiger partial charge in [0.2, 0.25) is 0 Å². The molecule has 4 heteroatoms. The largest absolute Gasteiger partial charge is 0.486 e. The van der Waals surface area contributed by atoms with Gasteiger partial charge in [-0.3, -0.25) is 0 Å². The van der Waals surface area contributed by atoms with Gasteiger partial charge in [-0.1, -0.05) is 24.0 Å². The highest BCUT2D eigenvalue weighted by molar-refractivity contribution is 6.19. The average Bonchev–Trinajstić information content (AvgIpc) is 2.53. The number of benzene rings is 2. The second kappa shape index (κ2) is 7.33. The number of hydrogen-bond donors (Lipinski definition) is 0. The average molecular weight is 300 g/mol. The zero-order valence-corrected chi connectivity index (χ0v) is 11.8. The molecule has 0 aliphatic carbocycles. The van der Waals surface area contributed by atoms with E-state index in [9.17, 15) is 4.39 Å². The quantitative estimate of drug-likeness (QED) is 0.637. The van der Waals surface area contributed by atoms with Crippen LogP contribution >= 0.6 is 11.6 Å². The molecule has 0 fully saturated rings. The highest BCUT2D eigenvalue weighted by Gasteiger charge is 2.04. The lowest BCUT2D eigenvalue weighted by Gasteiger charge is -2.08. The van der Waals surface area contributed by atoms with Gasteiger partial charge in [0.25, 0.3) is 0 Å². The summed E-state index contributed by atoms with van der Waals surface area (Å²) in [7, 11) is 0. The van der Waals surface area contributed by atoms with Crippen LogP contribution in [0.4, 0.5) is 4.39 Å². The van der Waals surface area contributed by atoms with Gasteiger partial charge in [0.05, 0.1) is 17.5 Å². The summed E-state index contributed by atoms with van der Waals surface area (Å²) in [5.41, 5.74) is 2.07. The van der Waals surface area contributed by atoms with Crippen molar-refractivity contribution in [3.05, 3.63) is 65.0 Å². The molecule has 2 rings (SSSR count). The first kappa shape index (κ1) is 14.9. The lowest BCUT2D eigenvalue weighted by Crippen LogP contribution is -1.98. The summed E-state index contributed by atoms with van der Waals surface area (Å²) in [4.78, 5) is 0. The maximum absolute atomic E-state index is 13.7. The van der Waals surface area contributed by atoms with Crippen molar-refractivity contribution in [3.8, 4) is 23.7 Å². The topological polar surface area (TPSA) is 33.0 Å². The molecular weight excluding hydrogens is 289 g/mol. The van der Waals surface area contributed by atoms with Gasteiger partial charge in [-0.2, -0.15) is 5.26 Å². The van der Waals surface area contributed by atoms with Gasteiger partial charge < -0.3 is 4.74 Å². The Morgan fingerprint density at radius 3 is 2.48 bits per heavy atom. The van der Waals surface area contributed by atoms with Crippen LogP contribution in [0, 0.1) is 29.0 Å². The maximum atomic E-state index is 13.7. The van der Waals surface area contributed by atoms with Crippen LogP contribution in [0.15, 0.2) is 42.5 Å². The second-order valence-corrected chi connectivity index (χ2v) is 4.45. The monoisotopic (exact) mass is 299 g/mol. The molecule has 0 radical (unpaired) electrons. The molecule has 0 unspecified atom stereocenters.